The SMILES string of the molecule is CCCNc1cnn(Cc2ccccc2C)c(=O)c1. The van der Waals surface area contributed by atoms with Crippen molar-refractivity contribution in [3.05, 3.63) is 58.0 Å². The van der Waals surface area contributed by atoms with Crippen LogP contribution in [0.5, 0.6) is 0 Å². The number of aryl methyl sites for hydroxylation is 1. The molecule has 0 saturated heterocycles. The van der Waals surface area contributed by atoms with Crippen LogP contribution in [0.3, 0.4) is 0 Å². The van der Waals surface area contributed by atoms with Gasteiger partial charge in [0.25, 0.3) is 5.56 Å². The molecule has 0 aliphatic heterocycles. The molecule has 0 fully saturated rings. The van der Waals surface area contributed by atoms with Gasteiger partial charge in [0.05, 0.1) is 18.4 Å². The molecule has 0 amide bonds. The predicted molar refractivity (Wildman–Crippen MR) is 77.6 cm³/mol. The maximum absolute atomic E-state index is 12.0. The van der Waals surface area contributed by atoms with Crippen LogP contribution < -0.4 is 10.9 Å². The third-order valence-corrected chi connectivity index (χ3v) is 3.03. The van der Waals surface area contributed by atoms with Crippen LogP contribution in [-0.4, -0.2) is 16.3 Å². The van der Waals surface area contributed by atoms with Gasteiger partial charge in [-0.1, -0.05) is 31.2 Å². The summed E-state index contributed by atoms with van der Waals surface area (Å²) in [5, 5.41) is 7.37. The summed E-state index contributed by atoms with van der Waals surface area (Å²) in [5.41, 5.74) is 2.99. The predicted octanol–water partition coefficient (Wildman–Crippen LogP) is 2.42. The summed E-state index contributed by atoms with van der Waals surface area (Å²) in [5.74, 6) is 0. The van der Waals surface area contributed by atoms with Gasteiger partial charge in [-0.05, 0) is 24.5 Å². The van der Waals surface area contributed by atoms with Crippen molar-refractivity contribution in [2.24, 2.45) is 0 Å². The molecule has 1 aromatic heterocycles. The van der Waals surface area contributed by atoms with Crippen molar-refractivity contribution >= 4 is 5.69 Å². The molecule has 0 unspecified atom stereocenters. The standard InChI is InChI=1S/C15H19N3O/c1-3-8-16-14-9-15(19)18(17-10-14)11-13-7-5-4-6-12(13)2/h4-7,9-10,16H,3,8,11H2,1-2H3. The van der Waals surface area contributed by atoms with Crippen molar-refractivity contribution in [1.82, 2.24) is 9.78 Å². The molecule has 100 valence electrons. The average molecular weight is 257 g/mol. The Labute approximate surface area is 113 Å². The van der Waals surface area contributed by atoms with Gasteiger partial charge in [0.2, 0.25) is 0 Å². The van der Waals surface area contributed by atoms with Gasteiger partial charge in [0, 0.05) is 12.6 Å². The number of rotatable bonds is 5. The van der Waals surface area contributed by atoms with Crippen molar-refractivity contribution in [1.29, 1.82) is 0 Å². The fourth-order valence-corrected chi connectivity index (χ4v) is 1.87. The maximum atomic E-state index is 12.0. The lowest BCUT2D eigenvalue weighted by atomic mass is 10.1. The lowest BCUT2D eigenvalue weighted by Crippen LogP contribution is -2.23. The first-order valence-electron chi connectivity index (χ1n) is 6.56. The molecular formula is C15H19N3O. The van der Waals surface area contributed by atoms with Gasteiger partial charge < -0.3 is 5.32 Å². The second kappa shape index (κ2) is 6.18. The lowest BCUT2D eigenvalue weighted by molar-refractivity contribution is 0.637. The molecule has 1 aromatic carbocycles. The van der Waals surface area contributed by atoms with E-state index in [2.05, 4.69) is 17.3 Å². The molecule has 1 heterocycles. The van der Waals surface area contributed by atoms with Crippen LogP contribution >= 0.6 is 0 Å². The Balaban J connectivity index is 2.18. The number of nitrogens with zero attached hydrogens (tertiary/aromatic N) is 2. The van der Waals surface area contributed by atoms with Crippen molar-refractivity contribution in [3.63, 3.8) is 0 Å². The largest absolute Gasteiger partial charge is 0.384 e. The van der Waals surface area contributed by atoms with E-state index < -0.39 is 0 Å². The van der Waals surface area contributed by atoms with Crippen LogP contribution in [0.2, 0.25) is 0 Å². The minimum absolute atomic E-state index is 0.0793. The van der Waals surface area contributed by atoms with Crippen molar-refractivity contribution in [3.8, 4) is 0 Å². The Kier molecular flexibility index (Phi) is 4.34. The molecule has 0 radical (unpaired) electrons. The van der Waals surface area contributed by atoms with E-state index >= 15 is 0 Å². The van der Waals surface area contributed by atoms with Crippen LogP contribution in [0.25, 0.3) is 0 Å². The zero-order valence-electron chi connectivity index (χ0n) is 11.4. The van der Waals surface area contributed by atoms with Gasteiger partial charge in [0.1, 0.15) is 0 Å². The highest BCUT2D eigenvalue weighted by molar-refractivity contribution is 5.38. The van der Waals surface area contributed by atoms with Gasteiger partial charge in [-0.2, -0.15) is 5.10 Å². The molecule has 0 bridgehead atoms. The molecular weight excluding hydrogens is 238 g/mol. The van der Waals surface area contributed by atoms with E-state index in [0.717, 1.165) is 24.2 Å². The number of hydrogen-bond donors (Lipinski definition) is 1. The van der Waals surface area contributed by atoms with E-state index in [0.29, 0.717) is 6.54 Å². The Hall–Kier alpha value is -2.10. The summed E-state index contributed by atoms with van der Waals surface area (Å²) in [6, 6.07) is 9.63. The molecule has 2 aromatic rings. The topological polar surface area (TPSA) is 46.9 Å². The molecule has 2 rings (SSSR count). The Morgan fingerprint density at radius 2 is 2.11 bits per heavy atom. The van der Waals surface area contributed by atoms with E-state index in [1.54, 1.807) is 12.3 Å². The maximum Gasteiger partial charge on any atom is 0.269 e. The van der Waals surface area contributed by atoms with Gasteiger partial charge in [-0.25, -0.2) is 4.68 Å². The second-order valence-corrected chi connectivity index (χ2v) is 4.59. The highest BCUT2D eigenvalue weighted by Crippen LogP contribution is 2.08. The van der Waals surface area contributed by atoms with Crippen LogP contribution in [0, 0.1) is 6.92 Å². The highest BCUT2D eigenvalue weighted by atomic mass is 16.1. The molecule has 0 spiro atoms. The van der Waals surface area contributed by atoms with Gasteiger partial charge >= 0.3 is 0 Å². The summed E-state index contributed by atoms with van der Waals surface area (Å²) < 4.78 is 1.49. The fraction of sp³-hybridized carbons (Fsp3) is 0.333. The van der Waals surface area contributed by atoms with Gasteiger partial charge in [-0.3, -0.25) is 4.79 Å². The van der Waals surface area contributed by atoms with Crippen LogP contribution in [0.4, 0.5) is 5.69 Å². The molecule has 4 nitrogen and oxygen atoms in total. The first-order chi connectivity index (χ1) is 9.20. The summed E-state index contributed by atoms with van der Waals surface area (Å²) in [4.78, 5) is 12.0. The van der Waals surface area contributed by atoms with Crippen LogP contribution in [0.15, 0.2) is 41.3 Å². The number of anilines is 1. The fourth-order valence-electron chi connectivity index (χ4n) is 1.87. The molecule has 0 aliphatic rings. The Bertz CT molecular complexity index is 604. The monoisotopic (exact) mass is 257 g/mol. The van der Waals surface area contributed by atoms with Crippen LogP contribution in [-0.2, 0) is 6.54 Å². The first kappa shape index (κ1) is 13.3. The number of benzene rings is 1. The van der Waals surface area contributed by atoms with Crippen molar-refractivity contribution < 1.29 is 0 Å². The molecule has 1 N–H and O–H groups in total. The smallest absolute Gasteiger partial charge is 0.269 e. The van der Waals surface area contributed by atoms with E-state index in [-0.39, 0.29) is 5.56 Å². The summed E-state index contributed by atoms with van der Waals surface area (Å²) >= 11 is 0. The summed E-state index contributed by atoms with van der Waals surface area (Å²) in [6.45, 7) is 5.49. The normalized spacial score (nSPS) is 10.4. The van der Waals surface area contributed by atoms with E-state index in [4.69, 9.17) is 0 Å². The molecule has 4 heteroatoms. The first-order valence-corrected chi connectivity index (χ1v) is 6.56. The lowest BCUT2D eigenvalue weighted by Gasteiger charge is -2.09. The van der Waals surface area contributed by atoms with E-state index in [1.807, 2.05) is 31.2 Å². The van der Waals surface area contributed by atoms with Crippen LogP contribution in [0.1, 0.15) is 24.5 Å². The van der Waals surface area contributed by atoms with E-state index in [9.17, 15) is 4.79 Å². The second-order valence-electron chi connectivity index (χ2n) is 4.59. The third-order valence-electron chi connectivity index (χ3n) is 3.03. The van der Waals surface area contributed by atoms with Crippen molar-refractivity contribution in [2.75, 3.05) is 11.9 Å². The molecule has 0 atom stereocenters. The summed E-state index contributed by atoms with van der Waals surface area (Å²) in [6.07, 6.45) is 2.72. The third kappa shape index (κ3) is 3.44. The Morgan fingerprint density at radius 1 is 1.32 bits per heavy atom. The number of hydrogen-bond acceptors (Lipinski definition) is 3. The van der Waals surface area contributed by atoms with Crippen molar-refractivity contribution in [2.45, 2.75) is 26.8 Å². The van der Waals surface area contributed by atoms with Gasteiger partial charge in [0.15, 0.2) is 0 Å². The zero-order chi connectivity index (χ0) is 13.7. The quantitative estimate of drug-likeness (QED) is 0.894. The Morgan fingerprint density at radius 3 is 2.79 bits per heavy atom. The van der Waals surface area contributed by atoms with E-state index in [1.165, 1.54) is 10.2 Å². The minimum Gasteiger partial charge on any atom is -0.384 e. The molecule has 0 aliphatic carbocycles. The van der Waals surface area contributed by atoms with Gasteiger partial charge in [-0.15, -0.1) is 0 Å². The average Bonchev–Trinajstić information content (AvgIpc) is 2.41. The number of nitrogens with one attached hydrogen (secondary N) is 1. The summed E-state index contributed by atoms with van der Waals surface area (Å²) in [7, 11) is 0. The number of aromatic nitrogens is 2. The molecule has 19 heavy (non-hydrogen) atoms. The molecule has 0 saturated carbocycles. The minimum atomic E-state index is -0.0793. The highest BCUT2D eigenvalue weighted by Gasteiger charge is 2.03. The zero-order valence-corrected chi connectivity index (χ0v) is 11.4.